The topological polar surface area (TPSA) is 35.0 Å². The molecule has 0 aliphatic heterocycles. The minimum atomic E-state index is -0.313. The molecule has 0 radical (unpaired) electrons. The van der Waals surface area contributed by atoms with Crippen molar-refractivity contribution in [2.45, 2.75) is 69.8 Å². The molecule has 3 nitrogen and oxygen atoms in total. The summed E-state index contributed by atoms with van der Waals surface area (Å²) in [7, 11) is 1.79. The van der Waals surface area contributed by atoms with Crippen LogP contribution in [0.15, 0.2) is 0 Å². The lowest BCUT2D eigenvalue weighted by Gasteiger charge is -2.31. The lowest BCUT2D eigenvalue weighted by Crippen LogP contribution is -2.31. The van der Waals surface area contributed by atoms with E-state index in [-0.39, 0.29) is 5.60 Å². The Morgan fingerprint density at radius 3 is 2.35 bits per heavy atom. The third-order valence-corrected chi connectivity index (χ3v) is 5.15. The van der Waals surface area contributed by atoms with Gasteiger partial charge in [-0.1, -0.05) is 37.3 Å². The molecule has 2 aliphatic carbocycles. The fraction of sp³-hybridized carbons (Fsp3) is 0.750. The zero-order chi connectivity index (χ0) is 14.0. The zero-order valence-electron chi connectivity index (χ0n) is 12.3. The Hall–Kier alpha value is -0.670. The van der Waals surface area contributed by atoms with Gasteiger partial charge in [0.05, 0.1) is 0 Å². The number of nitrogens with zero attached hydrogens (tertiary/aromatic N) is 2. The normalized spacial score (nSPS) is 22.1. The molecule has 0 amide bonds. The molecular weight excluding hydrogens is 272 g/mol. The minimum absolute atomic E-state index is 0.313. The SMILES string of the molecule is COC1(c2nc(Cl)c3c(n2)CCCC3)CCCCCC1. The predicted molar refractivity (Wildman–Crippen MR) is 80.1 cm³/mol. The molecular formula is C16H23ClN2O. The lowest BCUT2D eigenvalue weighted by atomic mass is 9.91. The van der Waals surface area contributed by atoms with Crippen molar-refractivity contribution >= 4 is 11.6 Å². The van der Waals surface area contributed by atoms with Crippen LogP contribution in [-0.4, -0.2) is 17.1 Å². The molecule has 4 heteroatoms. The van der Waals surface area contributed by atoms with Gasteiger partial charge in [0.1, 0.15) is 10.8 Å². The highest BCUT2D eigenvalue weighted by Gasteiger charge is 2.37. The monoisotopic (exact) mass is 294 g/mol. The largest absolute Gasteiger partial charge is 0.370 e. The summed E-state index contributed by atoms with van der Waals surface area (Å²) in [6.45, 7) is 0. The van der Waals surface area contributed by atoms with Crippen LogP contribution in [0.4, 0.5) is 0 Å². The van der Waals surface area contributed by atoms with Crippen LogP contribution in [0.3, 0.4) is 0 Å². The highest BCUT2D eigenvalue weighted by Crippen LogP contribution is 2.38. The minimum Gasteiger partial charge on any atom is -0.370 e. The second-order valence-electron chi connectivity index (χ2n) is 6.08. The van der Waals surface area contributed by atoms with Gasteiger partial charge in [-0.2, -0.15) is 0 Å². The number of halogens is 1. The van der Waals surface area contributed by atoms with Crippen LogP contribution in [0.1, 0.15) is 68.4 Å². The van der Waals surface area contributed by atoms with Gasteiger partial charge in [-0.15, -0.1) is 0 Å². The molecule has 0 unspecified atom stereocenters. The van der Waals surface area contributed by atoms with Crippen LogP contribution >= 0.6 is 11.6 Å². The first kappa shape index (κ1) is 14.3. The molecule has 2 aliphatic rings. The summed E-state index contributed by atoms with van der Waals surface area (Å²) in [5.74, 6) is 0.826. The highest BCUT2D eigenvalue weighted by atomic mass is 35.5. The molecule has 0 N–H and O–H groups in total. The molecule has 0 bridgehead atoms. The molecule has 3 rings (SSSR count). The van der Waals surface area contributed by atoms with Crippen molar-refractivity contribution in [1.82, 2.24) is 9.97 Å². The fourth-order valence-electron chi connectivity index (χ4n) is 3.57. The molecule has 0 aromatic carbocycles. The average molecular weight is 295 g/mol. The van der Waals surface area contributed by atoms with Gasteiger partial charge < -0.3 is 4.74 Å². The second kappa shape index (κ2) is 5.98. The lowest BCUT2D eigenvalue weighted by molar-refractivity contribution is -0.0353. The van der Waals surface area contributed by atoms with E-state index < -0.39 is 0 Å². The zero-order valence-corrected chi connectivity index (χ0v) is 13.0. The first-order chi connectivity index (χ1) is 9.75. The Balaban J connectivity index is 2.01. The predicted octanol–water partition coefficient (Wildman–Crippen LogP) is 4.20. The van der Waals surface area contributed by atoms with Crippen molar-refractivity contribution in [3.05, 3.63) is 22.2 Å². The van der Waals surface area contributed by atoms with Crippen molar-refractivity contribution < 1.29 is 4.74 Å². The summed E-state index contributed by atoms with van der Waals surface area (Å²) < 4.78 is 5.91. The van der Waals surface area contributed by atoms with Gasteiger partial charge in [0, 0.05) is 18.4 Å². The maximum Gasteiger partial charge on any atom is 0.162 e. The first-order valence-electron chi connectivity index (χ1n) is 7.86. The number of aryl methyl sites for hydroxylation is 1. The van der Waals surface area contributed by atoms with E-state index in [4.69, 9.17) is 21.3 Å². The molecule has 20 heavy (non-hydrogen) atoms. The summed E-state index contributed by atoms with van der Waals surface area (Å²) in [5.41, 5.74) is 2.01. The van der Waals surface area contributed by atoms with Gasteiger partial charge in [-0.25, -0.2) is 9.97 Å². The number of aromatic nitrogens is 2. The average Bonchev–Trinajstić information content (AvgIpc) is 2.73. The molecule has 1 aromatic rings. The van der Waals surface area contributed by atoms with Crippen LogP contribution in [0.25, 0.3) is 0 Å². The summed E-state index contributed by atoms with van der Waals surface area (Å²) in [5, 5.41) is 0.658. The van der Waals surface area contributed by atoms with Crippen LogP contribution in [-0.2, 0) is 23.2 Å². The van der Waals surface area contributed by atoms with Gasteiger partial charge in [0.25, 0.3) is 0 Å². The quantitative estimate of drug-likeness (QED) is 0.605. The van der Waals surface area contributed by atoms with Crippen molar-refractivity contribution in [3.8, 4) is 0 Å². The number of fused-ring (bicyclic) bond motifs is 1. The molecule has 1 aromatic heterocycles. The summed E-state index contributed by atoms with van der Waals surface area (Å²) >= 11 is 6.42. The smallest absolute Gasteiger partial charge is 0.162 e. The molecule has 0 spiro atoms. The van der Waals surface area contributed by atoms with E-state index in [9.17, 15) is 0 Å². The number of rotatable bonds is 2. The number of hydrogen-bond donors (Lipinski definition) is 0. The highest BCUT2D eigenvalue weighted by molar-refractivity contribution is 6.30. The van der Waals surface area contributed by atoms with Crippen LogP contribution in [0.5, 0.6) is 0 Å². The van der Waals surface area contributed by atoms with E-state index in [1.807, 2.05) is 0 Å². The summed E-state index contributed by atoms with van der Waals surface area (Å²) in [6.07, 6.45) is 11.4. The van der Waals surface area contributed by atoms with Crippen LogP contribution in [0.2, 0.25) is 5.15 Å². The maximum absolute atomic E-state index is 6.42. The molecule has 1 saturated carbocycles. The van der Waals surface area contributed by atoms with Gasteiger partial charge in [0.15, 0.2) is 5.82 Å². The first-order valence-corrected chi connectivity index (χ1v) is 8.24. The Kier molecular flexibility index (Phi) is 4.27. The van der Waals surface area contributed by atoms with Gasteiger partial charge in [-0.05, 0) is 38.5 Å². The molecule has 110 valence electrons. The van der Waals surface area contributed by atoms with Crippen LogP contribution < -0.4 is 0 Å². The fourth-order valence-corrected chi connectivity index (χ4v) is 3.85. The number of hydrogen-bond acceptors (Lipinski definition) is 3. The van der Waals surface area contributed by atoms with Gasteiger partial charge >= 0.3 is 0 Å². The van der Waals surface area contributed by atoms with E-state index in [2.05, 4.69) is 4.98 Å². The van der Waals surface area contributed by atoms with Crippen molar-refractivity contribution in [1.29, 1.82) is 0 Å². The Morgan fingerprint density at radius 1 is 0.950 bits per heavy atom. The van der Waals surface area contributed by atoms with E-state index >= 15 is 0 Å². The molecule has 1 fully saturated rings. The van der Waals surface area contributed by atoms with Gasteiger partial charge in [-0.3, -0.25) is 0 Å². The number of methoxy groups -OCH3 is 1. The van der Waals surface area contributed by atoms with Gasteiger partial charge in [0.2, 0.25) is 0 Å². The summed E-state index contributed by atoms with van der Waals surface area (Å²) in [6, 6.07) is 0. The van der Waals surface area contributed by atoms with Crippen molar-refractivity contribution in [2.75, 3.05) is 7.11 Å². The van der Waals surface area contributed by atoms with E-state index in [1.54, 1.807) is 7.11 Å². The maximum atomic E-state index is 6.42. The standard InChI is InChI=1S/C16H23ClN2O/c1-20-16(10-6-2-3-7-11-16)15-18-13-9-5-4-8-12(13)14(17)19-15/h2-11H2,1H3. The van der Waals surface area contributed by atoms with Crippen molar-refractivity contribution in [3.63, 3.8) is 0 Å². The Bertz CT molecular complexity index is 482. The second-order valence-corrected chi connectivity index (χ2v) is 6.44. The Labute approximate surface area is 126 Å². The molecule has 1 heterocycles. The van der Waals surface area contributed by atoms with E-state index in [0.29, 0.717) is 5.15 Å². The molecule has 0 saturated heterocycles. The van der Waals surface area contributed by atoms with Crippen molar-refractivity contribution in [2.24, 2.45) is 0 Å². The van der Waals surface area contributed by atoms with Crippen LogP contribution in [0, 0.1) is 0 Å². The van der Waals surface area contributed by atoms with E-state index in [1.165, 1.54) is 44.1 Å². The summed E-state index contributed by atoms with van der Waals surface area (Å²) in [4.78, 5) is 9.49. The molecule has 0 atom stereocenters. The third-order valence-electron chi connectivity index (χ3n) is 4.84. The van der Waals surface area contributed by atoms with E-state index in [0.717, 1.165) is 37.2 Å². The Morgan fingerprint density at radius 2 is 1.65 bits per heavy atom. The third kappa shape index (κ3) is 2.58. The number of ether oxygens (including phenoxy) is 1.